The molecule has 1 aliphatic heterocycles. The van der Waals surface area contributed by atoms with Crippen LogP contribution in [0.1, 0.15) is 128 Å². The van der Waals surface area contributed by atoms with Gasteiger partial charge in [-0.05, 0) is 90.9 Å². The lowest BCUT2D eigenvalue weighted by Crippen LogP contribution is -2.47. The van der Waals surface area contributed by atoms with Gasteiger partial charge in [0, 0.05) is 19.0 Å². The van der Waals surface area contributed by atoms with Crippen molar-refractivity contribution in [2.24, 2.45) is 51.8 Å². The fourth-order valence-corrected chi connectivity index (χ4v) is 7.40. The Hall–Kier alpha value is -3.71. The minimum atomic E-state index is -1.53. The number of nitrogens with zero attached hydrogens (tertiary/aromatic N) is 1. The highest BCUT2D eigenvalue weighted by atomic mass is 16.6. The van der Waals surface area contributed by atoms with Gasteiger partial charge >= 0.3 is 35.8 Å². The Morgan fingerprint density at radius 2 is 1.25 bits per heavy atom. The van der Waals surface area contributed by atoms with Crippen LogP contribution in [0.25, 0.3) is 0 Å². The molecule has 6 unspecified atom stereocenters. The van der Waals surface area contributed by atoms with Crippen molar-refractivity contribution in [3.63, 3.8) is 0 Å². The zero-order valence-corrected chi connectivity index (χ0v) is 36.3. The van der Waals surface area contributed by atoms with Crippen LogP contribution in [0.2, 0.25) is 0 Å². The van der Waals surface area contributed by atoms with E-state index in [1.807, 2.05) is 41.5 Å². The normalized spacial score (nSPS) is 17.7. The number of carbonyl (C=O) groups is 7. The van der Waals surface area contributed by atoms with E-state index in [1.165, 1.54) is 7.11 Å². The number of hydrogen-bond donors (Lipinski definition) is 1. The number of esters is 5. The van der Waals surface area contributed by atoms with Crippen molar-refractivity contribution >= 4 is 41.7 Å². The number of carbonyl (C=O) groups excluding carboxylic acids is 6. The third kappa shape index (κ3) is 15.3. The third-order valence-electron chi connectivity index (χ3n) is 10.3. The van der Waals surface area contributed by atoms with Crippen LogP contribution in [0.5, 0.6) is 0 Å². The average molecular weight is 798 g/mol. The maximum Gasteiger partial charge on any atom is 0.311 e. The van der Waals surface area contributed by atoms with E-state index in [0.717, 1.165) is 0 Å². The number of aliphatic carboxylic acids is 1. The van der Waals surface area contributed by atoms with Crippen molar-refractivity contribution in [3.05, 3.63) is 0 Å². The highest BCUT2D eigenvalue weighted by molar-refractivity contribution is 5.84. The first-order valence-corrected chi connectivity index (χ1v) is 20.1. The predicted octanol–water partition coefficient (Wildman–Crippen LogP) is 6.25. The predicted molar refractivity (Wildman–Crippen MR) is 208 cm³/mol. The van der Waals surface area contributed by atoms with Crippen molar-refractivity contribution in [2.75, 3.05) is 40.1 Å². The van der Waals surface area contributed by atoms with Gasteiger partial charge < -0.3 is 33.7 Å². The summed E-state index contributed by atoms with van der Waals surface area (Å²) in [6.45, 7) is 21.5. The number of carboxylic acid groups (broad SMARTS) is 1. The van der Waals surface area contributed by atoms with E-state index in [1.54, 1.807) is 46.4 Å². The second kappa shape index (κ2) is 22.3. The number of hydrogen-bond acceptors (Lipinski definition) is 12. The summed E-state index contributed by atoms with van der Waals surface area (Å²) in [4.78, 5) is 95.8. The van der Waals surface area contributed by atoms with Crippen LogP contribution < -0.4 is 0 Å². The Balaban J connectivity index is 3.84. The monoisotopic (exact) mass is 797 g/mol. The third-order valence-corrected chi connectivity index (χ3v) is 10.3. The number of methoxy groups -OCH3 is 1. The second-order valence-corrected chi connectivity index (χ2v) is 18.1. The summed E-state index contributed by atoms with van der Waals surface area (Å²) in [5.74, 6) is -8.16. The molecule has 56 heavy (non-hydrogen) atoms. The van der Waals surface area contributed by atoms with E-state index in [9.17, 15) is 38.7 Å². The Morgan fingerprint density at radius 1 is 0.714 bits per heavy atom. The molecule has 1 fully saturated rings. The Bertz CT molecular complexity index is 1360. The lowest BCUT2D eigenvalue weighted by atomic mass is 9.68. The lowest BCUT2D eigenvalue weighted by Gasteiger charge is -2.40. The van der Waals surface area contributed by atoms with Crippen LogP contribution in [-0.4, -0.2) is 97.9 Å². The molecule has 0 aromatic rings. The molecule has 322 valence electrons. The standard InChI is InChI=1S/C42H71NO13/c1-14-53-37(49)40(9,10)25-42(12,38(50)52-13)19-30(34(45)46)18-31(43-17-15-16-33(43)44)20-41(11,39(51)56-24-28(6)7)21-32(36(48)55-23-27(4)5)29(8)35(47)54-22-26(2)3/h26-32H,14-25H2,1-13H3,(H,45,46). The van der Waals surface area contributed by atoms with Crippen LogP contribution in [-0.2, 0) is 57.2 Å². The molecule has 1 amide bonds. The van der Waals surface area contributed by atoms with Gasteiger partial charge in [0.25, 0.3) is 0 Å². The first kappa shape index (κ1) is 50.3. The van der Waals surface area contributed by atoms with E-state index < -0.39 is 75.9 Å². The minimum absolute atomic E-state index is 0.0118. The van der Waals surface area contributed by atoms with Gasteiger partial charge in [-0.15, -0.1) is 0 Å². The SMILES string of the molecule is CCOC(=O)C(C)(C)CC(C)(CC(CC(CC(C)(CC(C(=O)OCC(C)C)C(C)C(=O)OCC(C)C)C(=O)OCC(C)C)N1CCCC1=O)C(=O)O)C(=O)OC. The summed E-state index contributed by atoms with van der Waals surface area (Å²) in [6, 6.07) is -0.863. The van der Waals surface area contributed by atoms with Gasteiger partial charge in [-0.3, -0.25) is 33.6 Å². The largest absolute Gasteiger partial charge is 0.481 e. The molecule has 0 saturated carbocycles. The van der Waals surface area contributed by atoms with Gasteiger partial charge in [-0.25, -0.2) is 0 Å². The molecule has 0 aliphatic carbocycles. The van der Waals surface area contributed by atoms with E-state index >= 15 is 0 Å². The topological polar surface area (TPSA) is 189 Å². The molecule has 0 spiro atoms. The Labute approximate surface area is 334 Å². The molecule has 1 aliphatic rings. The van der Waals surface area contributed by atoms with E-state index in [2.05, 4.69) is 0 Å². The summed E-state index contributed by atoms with van der Waals surface area (Å²) in [6.07, 6.45) is -0.125. The van der Waals surface area contributed by atoms with Crippen molar-refractivity contribution < 1.29 is 62.4 Å². The summed E-state index contributed by atoms with van der Waals surface area (Å²) in [7, 11) is 1.19. The molecule has 6 atom stereocenters. The van der Waals surface area contributed by atoms with Gasteiger partial charge in [0.1, 0.15) is 0 Å². The lowest BCUT2D eigenvalue weighted by molar-refractivity contribution is -0.168. The van der Waals surface area contributed by atoms with E-state index in [0.29, 0.717) is 13.0 Å². The van der Waals surface area contributed by atoms with Crippen LogP contribution in [0.3, 0.4) is 0 Å². The van der Waals surface area contributed by atoms with Crippen LogP contribution >= 0.6 is 0 Å². The fourth-order valence-electron chi connectivity index (χ4n) is 7.40. The highest BCUT2D eigenvalue weighted by Gasteiger charge is 2.50. The van der Waals surface area contributed by atoms with Crippen LogP contribution in [0, 0.1) is 51.8 Å². The van der Waals surface area contributed by atoms with Crippen molar-refractivity contribution in [2.45, 2.75) is 134 Å². The van der Waals surface area contributed by atoms with E-state index in [-0.39, 0.29) is 88.6 Å². The highest BCUT2D eigenvalue weighted by Crippen LogP contribution is 2.44. The second-order valence-electron chi connectivity index (χ2n) is 18.1. The summed E-state index contributed by atoms with van der Waals surface area (Å²) in [5, 5.41) is 10.7. The van der Waals surface area contributed by atoms with Crippen molar-refractivity contribution in [1.29, 1.82) is 0 Å². The molecular weight excluding hydrogens is 726 g/mol. The Morgan fingerprint density at radius 3 is 1.71 bits per heavy atom. The molecule has 0 aromatic heterocycles. The van der Waals surface area contributed by atoms with Gasteiger partial charge in [0.15, 0.2) is 0 Å². The summed E-state index contributed by atoms with van der Waals surface area (Å²) in [5.41, 5.74) is -4.18. The smallest absolute Gasteiger partial charge is 0.311 e. The fraction of sp³-hybridized carbons (Fsp3) is 0.833. The van der Waals surface area contributed by atoms with Crippen LogP contribution in [0.4, 0.5) is 0 Å². The molecule has 1 rings (SSSR count). The van der Waals surface area contributed by atoms with Crippen molar-refractivity contribution in [3.8, 4) is 0 Å². The molecular formula is C42H71NO13. The number of rotatable bonds is 25. The molecule has 1 N–H and O–H groups in total. The molecule has 14 nitrogen and oxygen atoms in total. The van der Waals surface area contributed by atoms with Gasteiger partial charge in [-0.2, -0.15) is 0 Å². The number of carboxylic acids is 1. The molecule has 14 heteroatoms. The van der Waals surface area contributed by atoms with Gasteiger partial charge in [0.2, 0.25) is 5.91 Å². The van der Waals surface area contributed by atoms with E-state index in [4.69, 9.17) is 23.7 Å². The minimum Gasteiger partial charge on any atom is -0.481 e. The van der Waals surface area contributed by atoms with Gasteiger partial charge in [0.05, 0.1) is 67.5 Å². The maximum atomic E-state index is 14.3. The first-order valence-electron chi connectivity index (χ1n) is 20.1. The maximum absolute atomic E-state index is 14.3. The molecule has 1 saturated heterocycles. The quantitative estimate of drug-likeness (QED) is 0.0807. The molecule has 0 radical (unpaired) electrons. The van der Waals surface area contributed by atoms with Gasteiger partial charge in [-0.1, -0.05) is 48.5 Å². The number of ether oxygens (including phenoxy) is 5. The van der Waals surface area contributed by atoms with Crippen LogP contribution in [0.15, 0.2) is 0 Å². The average Bonchev–Trinajstić information content (AvgIpc) is 3.54. The number of likely N-dealkylation sites (tertiary alicyclic amines) is 1. The number of amides is 1. The molecule has 1 heterocycles. The zero-order chi connectivity index (χ0) is 43.2. The molecule has 0 aromatic carbocycles. The Kier molecular flexibility index (Phi) is 20.0. The molecule has 0 bridgehead atoms. The first-order chi connectivity index (χ1) is 25.8. The zero-order valence-electron chi connectivity index (χ0n) is 36.3. The summed E-state index contributed by atoms with van der Waals surface area (Å²) < 4.78 is 27.4. The van der Waals surface area contributed by atoms with Crippen molar-refractivity contribution in [1.82, 2.24) is 4.90 Å². The summed E-state index contributed by atoms with van der Waals surface area (Å²) >= 11 is 0.